The van der Waals surface area contributed by atoms with E-state index in [2.05, 4.69) is 122 Å². The lowest BCUT2D eigenvalue weighted by molar-refractivity contribution is 0.0938. The van der Waals surface area contributed by atoms with Gasteiger partial charge in [0.25, 0.3) is 0 Å². The standard InChI is InChI=1S/C40H36O/c1-39(36-17-9-7-15-34(36)35-16-8-10-18-37(35)39)31-24-20-28(21-25-31)29-22-26-32(27-23-29)40(2,41)38-19-11-6-14-33(38)30-12-4-3-5-13-30/h3-20,22,24,26,41H,21,23,25,27H2,1-2H3. The van der Waals surface area contributed by atoms with Gasteiger partial charge in [-0.25, -0.2) is 0 Å². The van der Waals surface area contributed by atoms with E-state index in [0.29, 0.717) is 0 Å². The molecule has 0 saturated heterocycles. The van der Waals surface area contributed by atoms with E-state index in [9.17, 15) is 5.11 Å². The molecule has 0 fully saturated rings. The molecule has 41 heavy (non-hydrogen) atoms. The van der Waals surface area contributed by atoms with Crippen molar-refractivity contribution in [3.63, 3.8) is 0 Å². The number of hydrogen-bond donors (Lipinski definition) is 1. The molecule has 0 saturated carbocycles. The van der Waals surface area contributed by atoms with Crippen LogP contribution in [0.15, 0.2) is 150 Å². The molecule has 202 valence electrons. The molecule has 0 amide bonds. The van der Waals surface area contributed by atoms with Crippen molar-refractivity contribution in [1.29, 1.82) is 0 Å². The van der Waals surface area contributed by atoms with Crippen LogP contribution in [0.2, 0.25) is 0 Å². The molecule has 0 aliphatic heterocycles. The van der Waals surface area contributed by atoms with Gasteiger partial charge in [-0.3, -0.25) is 0 Å². The zero-order chi connectivity index (χ0) is 28.0. The summed E-state index contributed by atoms with van der Waals surface area (Å²) in [5.74, 6) is 0. The number of allylic oxidation sites excluding steroid dienone is 7. The van der Waals surface area contributed by atoms with Gasteiger partial charge in [0.15, 0.2) is 0 Å². The van der Waals surface area contributed by atoms with Crippen LogP contribution in [-0.2, 0) is 11.0 Å². The van der Waals surface area contributed by atoms with Crippen LogP contribution in [-0.4, -0.2) is 5.11 Å². The first kappa shape index (κ1) is 25.7. The Morgan fingerprint density at radius 3 is 1.68 bits per heavy atom. The van der Waals surface area contributed by atoms with Crippen molar-refractivity contribution >= 4 is 0 Å². The van der Waals surface area contributed by atoms with Crippen LogP contribution in [0.3, 0.4) is 0 Å². The summed E-state index contributed by atoms with van der Waals surface area (Å²) in [6.45, 7) is 4.36. The second-order valence-corrected chi connectivity index (χ2v) is 12.0. The molecule has 0 aromatic heterocycles. The topological polar surface area (TPSA) is 20.2 Å². The lowest BCUT2D eigenvalue weighted by atomic mass is 9.70. The van der Waals surface area contributed by atoms with Gasteiger partial charge in [0.2, 0.25) is 0 Å². The van der Waals surface area contributed by atoms with Crippen LogP contribution in [0.1, 0.15) is 56.2 Å². The second kappa shape index (κ2) is 10.0. The minimum Gasteiger partial charge on any atom is -0.381 e. The van der Waals surface area contributed by atoms with Crippen molar-refractivity contribution in [2.75, 3.05) is 0 Å². The lowest BCUT2D eigenvalue weighted by Gasteiger charge is -2.34. The van der Waals surface area contributed by atoms with Crippen LogP contribution < -0.4 is 0 Å². The van der Waals surface area contributed by atoms with Crippen LogP contribution in [0, 0.1) is 0 Å². The average Bonchev–Trinajstić information content (AvgIpc) is 3.31. The highest BCUT2D eigenvalue weighted by molar-refractivity contribution is 5.83. The molecule has 3 aliphatic carbocycles. The van der Waals surface area contributed by atoms with Gasteiger partial charge in [-0.05, 0) is 95.2 Å². The quantitative estimate of drug-likeness (QED) is 0.271. The van der Waals surface area contributed by atoms with Gasteiger partial charge in [0, 0.05) is 5.41 Å². The summed E-state index contributed by atoms with van der Waals surface area (Å²) in [6, 6.07) is 36.5. The molecular formula is C40H36O. The zero-order valence-corrected chi connectivity index (χ0v) is 23.9. The molecule has 4 aromatic rings. The van der Waals surface area contributed by atoms with Crippen molar-refractivity contribution in [1.82, 2.24) is 0 Å². The zero-order valence-electron chi connectivity index (χ0n) is 23.9. The third-order valence-electron chi connectivity index (χ3n) is 9.74. The average molecular weight is 533 g/mol. The number of aliphatic hydroxyl groups is 1. The molecule has 4 aromatic carbocycles. The van der Waals surface area contributed by atoms with E-state index in [1.807, 2.05) is 19.1 Å². The molecule has 1 nitrogen and oxygen atoms in total. The van der Waals surface area contributed by atoms with Crippen molar-refractivity contribution in [2.24, 2.45) is 0 Å². The molecule has 1 heteroatoms. The van der Waals surface area contributed by atoms with Crippen molar-refractivity contribution in [3.8, 4) is 22.3 Å². The maximum Gasteiger partial charge on any atom is 0.109 e. The highest BCUT2D eigenvalue weighted by Gasteiger charge is 2.42. The highest BCUT2D eigenvalue weighted by Crippen LogP contribution is 2.54. The molecule has 0 spiro atoms. The first-order valence-electron chi connectivity index (χ1n) is 14.9. The molecule has 1 atom stereocenters. The summed E-state index contributed by atoms with van der Waals surface area (Å²) in [6.07, 6.45) is 13.1. The van der Waals surface area contributed by atoms with E-state index in [-0.39, 0.29) is 5.41 Å². The van der Waals surface area contributed by atoms with Gasteiger partial charge >= 0.3 is 0 Å². The van der Waals surface area contributed by atoms with Gasteiger partial charge in [0.1, 0.15) is 5.60 Å². The lowest BCUT2D eigenvalue weighted by Crippen LogP contribution is -2.26. The fourth-order valence-electron chi connectivity index (χ4n) is 7.38. The maximum atomic E-state index is 11.9. The summed E-state index contributed by atoms with van der Waals surface area (Å²) in [5.41, 5.74) is 13.0. The molecule has 0 heterocycles. The highest BCUT2D eigenvalue weighted by atomic mass is 16.3. The van der Waals surface area contributed by atoms with Gasteiger partial charge < -0.3 is 5.11 Å². The summed E-state index contributed by atoms with van der Waals surface area (Å²) >= 11 is 0. The Labute approximate surface area is 243 Å². The van der Waals surface area contributed by atoms with Crippen molar-refractivity contribution in [2.45, 2.75) is 50.5 Å². The molecular weight excluding hydrogens is 496 g/mol. The van der Waals surface area contributed by atoms with E-state index < -0.39 is 5.60 Å². The number of rotatable bonds is 5. The fourth-order valence-corrected chi connectivity index (χ4v) is 7.38. The first-order chi connectivity index (χ1) is 20.0. The Kier molecular flexibility index (Phi) is 6.29. The third kappa shape index (κ3) is 4.19. The van der Waals surface area contributed by atoms with Crippen LogP contribution in [0.4, 0.5) is 0 Å². The minimum atomic E-state index is -1.03. The van der Waals surface area contributed by atoms with Gasteiger partial charge in [-0.1, -0.05) is 133 Å². The SMILES string of the molecule is CC(O)(C1=CC=C(C2=CC=C(C3(C)c4ccccc4-c4ccccc43)CC2)CC1)c1ccccc1-c1ccccc1. The Hall–Kier alpha value is -4.20. The predicted octanol–water partition coefficient (Wildman–Crippen LogP) is 9.84. The molecule has 0 bridgehead atoms. The molecule has 1 N–H and O–H groups in total. The summed E-state index contributed by atoms with van der Waals surface area (Å²) in [4.78, 5) is 0. The number of benzene rings is 4. The van der Waals surface area contributed by atoms with Gasteiger partial charge in [0.05, 0.1) is 0 Å². The minimum absolute atomic E-state index is 0.0892. The van der Waals surface area contributed by atoms with E-state index >= 15 is 0 Å². The maximum absolute atomic E-state index is 11.9. The molecule has 1 unspecified atom stereocenters. The number of hydrogen-bond acceptors (Lipinski definition) is 1. The summed E-state index contributed by atoms with van der Waals surface area (Å²) < 4.78 is 0. The van der Waals surface area contributed by atoms with Crippen molar-refractivity contribution < 1.29 is 5.11 Å². The van der Waals surface area contributed by atoms with Gasteiger partial charge in [-0.15, -0.1) is 0 Å². The van der Waals surface area contributed by atoms with E-state index in [1.165, 1.54) is 39.0 Å². The predicted molar refractivity (Wildman–Crippen MR) is 171 cm³/mol. The smallest absolute Gasteiger partial charge is 0.109 e. The Morgan fingerprint density at radius 2 is 1.10 bits per heavy atom. The summed E-state index contributed by atoms with van der Waals surface area (Å²) in [7, 11) is 0. The molecule has 3 aliphatic rings. The Bertz CT molecular complexity index is 1710. The van der Waals surface area contributed by atoms with Gasteiger partial charge in [-0.2, -0.15) is 0 Å². The van der Waals surface area contributed by atoms with E-state index in [0.717, 1.165) is 47.9 Å². The Balaban J connectivity index is 1.18. The third-order valence-corrected chi connectivity index (χ3v) is 9.74. The molecule has 7 rings (SSSR count). The monoisotopic (exact) mass is 532 g/mol. The second-order valence-electron chi connectivity index (χ2n) is 12.0. The van der Waals surface area contributed by atoms with E-state index in [1.54, 1.807) is 0 Å². The van der Waals surface area contributed by atoms with Crippen molar-refractivity contribution in [3.05, 3.63) is 166 Å². The first-order valence-corrected chi connectivity index (χ1v) is 14.9. The van der Waals surface area contributed by atoms with Crippen LogP contribution in [0.5, 0.6) is 0 Å². The van der Waals surface area contributed by atoms with E-state index in [4.69, 9.17) is 0 Å². The van der Waals surface area contributed by atoms with Crippen LogP contribution in [0.25, 0.3) is 22.3 Å². The fraction of sp³-hybridized carbons (Fsp3) is 0.200. The van der Waals surface area contributed by atoms with Crippen LogP contribution >= 0.6 is 0 Å². The summed E-state index contributed by atoms with van der Waals surface area (Å²) in [5, 5.41) is 11.9. The normalized spacial score (nSPS) is 18.7. The number of fused-ring (bicyclic) bond motifs is 3. The largest absolute Gasteiger partial charge is 0.381 e. The Morgan fingerprint density at radius 1 is 0.561 bits per heavy atom. The molecule has 0 radical (unpaired) electrons.